The van der Waals surface area contributed by atoms with Gasteiger partial charge in [0.05, 0.1) is 0 Å². The fourth-order valence-electron chi connectivity index (χ4n) is 7.52. The second-order valence-corrected chi connectivity index (χ2v) is 11.6. The maximum atomic E-state index is 3.71. The van der Waals surface area contributed by atoms with Crippen LogP contribution in [0, 0.1) is 0 Å². The van der Waals surface area contributed by atoms with Crippen molar-refractivity contribution in [3.8, 4) is 22.3 Å². The summed E-state index contributed by atoms with van der Waals surface area (Å²) in [5, 5.41) is 3.71. The zero-order valence-corrected chi connectivity index (χ0v) is 21.8. The largest absolute Gasteiger partial charge is 0.356 e. The van der Waals surface area contributed by atoms with E-state index in [1.807, 2.05) is 0 Å². The first-order valence-corrected chi connectivity index (χ1v) is 14.5. The van der Waals surface area contributed by atoms with Gasteiger partial charge in [-0.3, -0.25) is 0 Å². The molecule has 2 fully saturated rings. The van der Waals surface area contributed by atoms with Gasteiger partial charge < -0.3 is 5.32 Å². The molecule has 4 aromatic rings. The van der Waals surface area contributed by atoms with E-state index >= 15 is 0 Å². The summed E-state index contributed by atoms with van der Waals surface area (Å²) in [4.78, 5) is 0. The molecular weight excluding hydrogens is 446 g/mol. The number of rotatable bonds is 4. The molecule has 1 nitrogen and oxygen atoms in total. The molecule has 1 N–H and O–H groups in total. The summed E-state index contributed by atoms with van der Waals surface area (Å²) in [7, 11) is 0. The first-order valence-electron chi connectivity index (χ1n) is 14.5. The smallest absolute Gasteiger partial charge is 0.0387 e. The minimum atomic E-state index is 0.204. The van der Waals surface area contributed by atoms with E-state index in [1.165, 1.54) is 103 Å². The predicted octanol–water partition coefficient (Wildman–Crippen LogP) is 10.4. The SMILES string of the molecule is c1ccc2c(c1)-c1ccc(Nc3ccc(-c4ccc(C5CCCCC5)cc4)cc3)cc1C21CCCCC1. The number of benzene rings is 4. The molecule has 0 saturated heterocycles. The normalized spacial score (nSPS) is 18.4. The van der Waals surface area contributed by atoms with Crippen LogP contribution < -0.4 is 5.32 Å². The van der Waals surface area contributed by atoms with Crippen molar-refractivity contribution in [1.29, 1.82) is 0 Å². The average molecular weight is 484 g/mol. The van der Waals surface area contributed by atoms with E-state index in [9.17, 15) is 0 Å². The molecule has 0 aliphatic heterocycles. The quantitative estimate of drug-likeness (QED) is 0.304. The summed E-state index contributed by atoms with van der Waals surface area (Å²) in [6.07, 6.45) is 13.5. The molecule has 0 aromatic heterocycles. The number of fused-ring (bicyclic) bond motifs is 5. The predicted molar refractivity (Wildman–Crippen MR) is 157 cm³/mol. The van der Waals surface area contributed by atoms with E-state index in [0.29, 0.717) is 0 Å². The Morgan fingerprint density at radius 1 is 0.541 bits per heavy atom. The summed E-state index contributed by atoms with van der Waals surface area (Å²) in [5.74, 6) is 0.766. The Morgan fingerprint density at radius 2 is 1.16 bits per heavy atom. The lowest BCUT2D eigenvalue weighted by molar-refractivity contribution is 0.353. The van der Waals surface area contributed by atoms with Gasteiger partial charge in [-0.05, 0) is 94.8 Å². The van der Waals surface area contributed by atoms with Crippen molar-refractivity contribution in [1.82, 2.24) is 0 Å². The Hall–Kier alpha value is -3.32. The van der Waals surface area contributed by atoms with Gasteiger partial charge in [-0.15, -0.1) is 0 Å². The van der Waals surface area contributed by atoms with E-state index < -0.39 is 0 Å². The molecule has 0 unspecified atom stereocenters. The fourth-order valence-corrected chi connectivity index (χ4v) is 7.52. The number of anilines is 2. The zero-order chi connectivity index (χ0) is 24.7. The number of hydrogen-bond donors (Lipinski definition) is 1. The van der Waals surface area contributed by atoms with Gasteiger partial charge in [-0.1, -0.05) is 105 Å². The van der Waals surface area contributed by atoms with Crippen molar-refractivity contribution in [2.75, 3.05) is 5.32 Å². The maximum absolute atomic E-state index is 3.71. The van der Waals surface area contributed by atoms with E-state index in [1.54, 1.807) is 5.56 Å². The van der Waals surface area contributed by atoms with Crippen molar-refractivity contribution in [2.24, 2.45) is 0 Å². The van der Waals surface area contributed by atoms with Crippen LogP contribution in [0.5, 0.6) is 0 Å². The first kappa shape index (κ1) is 22.8. The molecule has 1 spiro atoms. The van der Waals surface area contributed by atoms with Crippen molar-refractivity contribution >= 4 is 11.4 Å². The standard InChI is InChI=1S/C36H37N/c1-3-9-26(10-4-1)27-13-15-28(16-14-27)29-17-19-30(20-18-29)37-31-21-22-33-32-11-5-6-12-34(32)36(35(33)25-31)23-7-2-8-24-36/h5-6,11-22,25-26,37H,1-4,7-10,23-24H2. The second kappa shape index (κ2) is 9.53. The second-order valence-electron chi connectivity index (χ2n) is 11.6. The maximum Gasteiger partial charge on any atom is 0.0387 e. The van der Waals surface area contributed by atoms with E-state index in [-0.39, 0.29) is 5.41 Å². The topological polar surface area (TPSA) is 12.0 Å². The lowest BCUT2D eigenvalue weighted by atomic mass is 9.68. The van der Waals surface area contributed by atoms with Gasteiger partial charge >= 0.3 is 0 Å². The van der Waals surface area contributed by atoms with Gasteiger partial charge in [0.2, 0.25) is 0 Å². The Morgan fingerprint density at radius 3 is 1.92 bits per heavy atom. The molecule has 0 bridgehead atoms. The van der Waals surface area contributed by atoms with Crippen LogP contribution >= 0.6 is 0 Å². The van der Waals surface area contributed by atoms with Crippen molar-refractivity contribution in [2.45, 2.75) is 75.5 Å². The van der Waals surface area contributed by atoms with Gasteiger partial charge in [0.15, 0.2) is 0 Å². The highest BCUT2D eigenvalue weighted by molar-refractivity contribution is 5.83. The summed E-state index contributed by atoms with van der Waals surface area (Å²) < 4.78 is 0. The fraction of sp³-hybridized carbons (Fsp3) is 0.333. The number of nitrogens with one attached hydrogen (secondary N) is 1. The van der Waals surface area contributed by atoms with Crippen LogP contribution in [0.3, 0.4) is 0 Å². The Balaban J connectivity index is 1.12. The van der Waals surface area contributed by atoms with Crippen LogP contribution in [0.2, 0.25) is 0 Å². The summed E-state index contributed by atoms with van der Waals surface area (Å²) in [6.45, 7) is 0. The van der Waals surface area contributed by atoms with E-state index in [2.05, 4.69) is 96.3 Å². The van der Waals surface area contributed by atoms with Gasteiger partial charge in [-0.2, -0.15) is 0 Å². The third kappa shape index (κ3) is 4.09. The highest BCUT2D eigenvalue weighted by Gasteiger charge is 2.43. The molecule has 0 amide bonds. The summed E-state index contributed by atoms with van der Waals surface area (Å²) in [5.41, 5.74) is 12.6. The molecule has 0 atom stereocenters. The molecule has 186 valence electrons. The van der Waals surface area contributed by atoms with Crippen LogP contribution in [0.4, 0.5) is 11.4 Å². The average Bonchev–Trinajstić information content (AvgIpc) is 3.23. The molecule has 0 radical (unpaired) electrons. The molecule has 1 heteroatoms. The Bertz CT molecular complexity index is 1380. The van der Waals surface area contributed by atoms with Gasteiger partial charge in [-0.25, -0.2) is 0 Å². The highest BCUT2D eigenvalue weighted by Crippen LogP contribution is 2.56. The van der Waals surface area contributed by atoms with Crippen LogP contribution in [-0.4, -0.2) is 0 Å². The number of hydrogen-bond acceptors (Lipinski definition) is 1. The third-order valence-electron chi connectivity index (χ3n) is 9.47. The van der Waals surface area contributed by atoms with Crippen LogP contribution in [0.1, 0.15) is 86.8 Å². The molecule has 2 saturated carbocycles. The van der Waals surface area contributed by atoms with Gasteiger partial charge in [0, 0.05) is 16.8 Å². The zero-order valence-electron chi connectivity index (χ0n) is 21.8. The minimum absolute atomic E-state index is 0.204. The van der Waals surface area contributed by atoms with Crippen molar-refractivity contribution < 1.29 is 0 Å². The monoisotopic (exact) mass is 483 g/mol. The molecule has 3 aliphatic carbocycles. The molecule has 3 aliphatic rings. The Labute approximate surface area is 222 Å². The van der Waals surface area contributed by atoms with Crippen LogP contribution in [0.15, 0.2) is 91.0 Å². The molecule has 37 heavy (non-hydrogen) atoms. The molecular formula is C36H37N. The van der Waals surface area contributed by atoms with Crippen LogP contribution in [0.25, 0.3) is 22.3 Å². The van der Waals surface area contributed by atoms with E-state index in [4.69, 9.17) is 0 Å². The lowest BCUT2D eigenvalue weighted by Crippen LogP contribution is -2.28. The van der Waals surface area contributed by atoms with Gasteiger partial charge in [0.1, 0.15) is 0 Å². The highest BCUT2D eigenvalue weighted by atomic mass is 14.9. The third-order valence-corrected chi connectivity index (χ3v) is 9.47. The summed E-state index contributed by atoms with van der Waals surface area (Å²) in [6, 6.07) is 34.5. The molecule has 7 rings (SSSR count). The Kier molecular flexibility index (Phi) is 5.88. The first-order chi connectivity index (χ1) is 18.3. The summed E-state index contributed by atoms with van der Waals surface area (Å²) >= 11 is 0. The van der Waals surface area contributed by atoms with Crippen molar-refractivity contribution in [3.63, 3.8) is 0 Å². The van der Waals surface area contributed by atoms with E-state index in [0.717, 1.165) is 11.6 Å². The van der Waals surface area contributed by atoms with Crippen molar-refractivity contribution in [3.05, 3.63) is 108 Å². The van der Waals surface area contributed by atoms with Gasteiger partial charge in [0.25, 0.3) is 0 Å². The van der Waals surface area contributed by atoms with Crippen LogP contribution in [-0.2, 0) is 5.41 Å². The minimum Gasteiger partial charge on any atom is -0.356 e. The molecule has 4 aromatic carbocycles. The molecule has 0 heterocycles. The lowest BCUT2D eigenvalue weighted by Gasteiger charge is -2.36.